The lowest BCUT2D eigenvalue weighted by Gasteiger charge is -2.29. The van der Waals surface area contributed by atoms with Gasteiger partial charge in [-0.15, -0.1) is 0 Å². The second kappa shape index (κ2) is 4.99. The van der Waals surface area contributed by atoms with Crippen molar-refractivity contribution in [3.63, 3.8) is 0 Å². The first kappa shape index (κ1) is 13.5. The Hall–Kier alpha value is -0.920. The monoisotopic (exact) mass is 332 g/mol. The molecule has 0 aromatic heterocycles. The summed E-state index contributed by atoms with van der Waals surface area (Å²) in [5.41, 5.74) is 0.455. The lowest BCUT2D eigenvalue weighted by molar-refractivity contribution is -0.117. The molecule has 1 aromatic rings. The van der Waals surface area contributed by atoms with Gasteiger partial charge in [-0.2, -0.15) is 0 Å². The number of nitrogens with one attached hydrogen (secondary N) is 1. The predicted molar refractivity (Wildman–Crippen MR) is 72.5 cm³/mol. The lowest BCUT2D eigenvalue weighted by atomic mass is 10.2. The normalized spacial score (nSPS) is 17.3. The van der Waals surface area contributed by atoms with Crippen molar-refractivity contribution >= 4 is 37.4 Å². The van der Waals surface area contributed by atoms with Crippen molar-refractivity contribution in [3.05, 3.63) is 22.7 Å². The zero-order valence-corrected chi connectivity index (χ0v) is 12.2. The highest BCUT2D eigenvalue weighted by Gasteiger charge is 2.31. The molecule has 0 saturated heterocycles. The van der Waals surface area contributed by atoms with Crippen molar-refractivity contribution in [2.24, 2.45) is 0 Å². The van der Waals surface area contributed by atoms with Gasteiger partial charge in [-0.1, -0.05) is 15.9 Å². The van der Waals surface area contributed by atoms with Crippen LogP contribution in [0.25, 0.3) is 0 Å². The lowest BCUT2D eigenvalue weighted by Crippen LogP contribution is -2.43. The first-order valence-electron chi connectivity index (χ1n) is 5.43. The second-order valence-corrected chi connectivity index (χ2v) is 7.00. The summed E-state index contributed by atoms with van der Waals surface area (Å²) in [5.74, 6) is -0.163. The van der Waals surface area contributed by atoms with Gasteiger partial charge in [0.1, 0.15) is 0 Å². The fourth-order valence-corrected chi connectivity index (χ4v) is 3.67. The van der Waals surface area contributed by atoms with E-state index < -0.39 is 9.84 Å². The molecule has 1 aliphatic rings. The van der Waals surface area contributed by atoms with E-state index in [1.54, 1.807) is 19.2 Å². The Morgan fingerprint density at radius 2 is 2.22 bits per heavy atom. The van der Waals surface area contributed by atoms with E-state index in [-0.39, 0.29) is 29.6 Å². The van der Waals surface area contributed by atoms with Crippen molar-refractivity contribution in [2.45, 2.75) is 4.90 Å². The number of fused-ring (bicyclic) bond motifs is 1. The maximum absolute atomic E-state index is 11.9. The van der Waals surface area contributed by atoms with Crippen LogP contribution < -0.4 is 10.2 Å². The highest BCUT2D eigenvalue weighted by atomic mass is 79.9. The van der Waals surface area contributed by atoms with Crippen LogP contribution >= 0.6 is 15.9 Å². The average molecular weight is 333 g/mol. The van der Waals surface area contributed by atoms with Crippen LogP contribution in [0.15, 0.2) is 27.6 Å². The molecule has 1 heterocycles. The van der Waals surface area contributed by atoms with Crippen LogP contribution in [0.1, 0.15) is 0 Å². The van der Waals surface area contributed by atoms with E-state index in [1.807, 2.05) is 0 Å². The summed E-state index contributed by atoms with van der Waals surface area (Å²) < 4.78 is 24.6. The molecule has 5 nitrogen and oxygen atoms in total. The van der Waals surface area contributed by atoms with Gasteiger partial charge in [-0.3, -0.25) is 4.79 Å². The molecule has 0 atom stereocenters. The molecule has 0 bridgehead atoms. The summed E-state index contributed by atoms with van der Waals surface area (Å²) in [4.78, 5) is 13.7. The number of carbonyl (C=O) groups is 1. The van der Waals surface area contributed by atoms with Gasteiger partial charge in [-0.05, 0) is 25.2 Å². The maximum atomic E-state index is 11.9. The molecule has 0 saturated carbocycles. The average Bonchev–Trinajstić information content (AvgIpc) is 2.28. The molecule has 0 aliphatic carbocycles. The minimum absolute atomic E-state index is 0.0307. The van der Waals surface area contributed by atoms with Crippen LogP contribution in [0, 0.1) is 0 Å². The molecule has 18 heavy (non-hydrogen) atoms. The van der Waals surface area contributed by atoms with Crippen LogP contribution in [0.3, 0.4) is 0 Å². The number of halogens is 1. The number of carbonyl (C=O) groups excluding carboxylic acids is 1. The number of hydrogen-bond donors (Lipinski definition) is 1. The topological polar surface area (TPSA) is 66.5 Å². The van der Waals surface area contributed by atoms with Crippen molar-refractivity contribution in [3.8, 4) is 0 Å². The summed E-state index contributed by atoms with van der Waals surface area (Å²) in [6.45, 7) is 0.387. The zero-order chi connectivity index (χ0) is 13.3. The molecule has 1 amide bonds. The van der Waals surface area contributed by atoms with Gasteiger partial charge in [0.25, 0.3) is 0 Å². The third-order valence-electron chi connectivity index (χ3n) is 2.76. The van der Waals surface area contributed by atoms with Gasteiger partial charge >= 0.3 is 0 Å². The van der Waals surface area contributed by atoms with Crippen LogP contribution in [0.5, 0.6) is 0 Å². The number of hydrogen-bond acceptors (Lipinski definition) is 4. The van der Waals surface area contributed by atoms with Gasteiger partial charge in [0.05, 0.1) is 22.9 Å². The van der Waals surface area contributed by atoms with Crippen LogP contribution in [0.4, 0.5) is 5.69 Å². The minimum Gasteiger partial charge on any atom is -0.311 e. The second-order valence-electron chi connectivity index (χ2n) is 4.01. The fraction of sp³-hybridized carbons (Fsp3) is 0.364. The predicted octanol–water partition coefficient (Wildman–Crippen LogP) is 0.789. The van der Waals surface area contributed by atoms with Crippen LogP contribution in [-0.2, 0) is 14.6 Å². The van der Waals surface area contributed by atoms with E-state index in [2.05, 4.69) is 21.2 Å². The molecule has 7 heteroatoms. The Bertz CT molecular complexity index is 586. The van der Waals surface area contributed by atoms with Gasteiger partial charge < -0.3 is 10.2 Å². The SMILES string of the molecule is CNCC(=O)N1CCS(=O)(=O)c2ccc(Br)cc21. The minimum atomic E-state index is -3.28. The molecular formula is C11H13BrN2O3S. The Labute approximate surface area is 114 Å². The fourth-order valence-electron chi connectivity index (χ4n) is 1.91. The third kappa shape index (κ3) is 2.43. The number of benzene rings is 1. The summed E-state index contributed by atoms with van der Waals surface area (Å²) >= 11 is 3.30. The quantitative estimate of drug-likeness (QED) is 0.869. The number of rotatable bonds is 2. The molecule has 1 aliphatic heterocycles. The number of likely N-dealkylation sites (N-methyl/N-ethyl adjacent to an activating group) is 1. The first-order valence-corrected chi connectivity index (χ1v) is 7.87. The number of nitrogens with zero attached hydrogens (tertiary/aromatic N) is 1. The molecule has 2 rings (SSSR count). The third-order valence-corrected chi connectivity index (χ3v) is 4.99. The van der Waals surface area contributed by atoms with E-state index >= 15 is 0 Å². The summed E-state index contributed by atoms with van der Waals surface area (Å²) in [6.07, 6.45) is 0. The maximum Gasteiger partial charge on any atom is 0.240 e. The summed E-state index contributed by atoms with van der Waals surface area (Å²) in [7, 11) is -1.59. The van der Waals surface area contributed by atoms with Gasteiger partial charge in [0.15, 0.2) is 9.84 Å². The summed E-state index contributed by atoms with van der Waals surface area (Å²) in [5, 5.41) is 2.78. The van der Waals surface area contributed by atoms with E-state index in [4.69, 9.17) is 0 Å². The van der Waals surface area contributed by atoms with E-state index in [9.17, 15) is 13.2 Å². The standard InChI is InChI=1S/C11H13BrN2O3S/c1-13-7-11(15)14-4-5-18(16,17)10-3-2-8(12)6-9(10)14/h2-3,6,13H,4-5,7H2,1H3. The number of amides is 1. The highest BCUT2D eigenvalue weighted by Crippen LogP contribution is 2.32. The Morgan fingerprint density at radius 1 is 1.50 bits per heavy atom. The summed E-state index contributed by atoms with van der Waals surface area (Å²) in [6, 6.07) is 4.87. The molecule has 0 fully saturated rings. The smallest absolute Gasteiger partial charge is 0.240 e. The largest absolute Gasteiger partial charge is 0.311 e. The molecule has 98 valence electrons. The molecule has 0 spiro atoms. The van der Waals surface area contributed by atoms with E-state index in [0.29, 0.717) is 5.69 Å². The van der Waals surface area contributed by atoms with Crippen molar-refractivity contribution in [1.29, 1.82) is 0 Å². The van der Waals surface area contributed by atoms with E-state index in [1.165, 1.54) is 11.0 Å². The molecule has 1 aromatic carbocycles. The molecular weight excluding hydrogens is 320 g/mol. The van der Waals surface area contributed by atoms with Crippen LogP contribution in [-0.4, -0.2) is 40.2 Å². The van der Waals surface area contributed by atoms with Gasteiger partial charge in [-0.25, -0.2) is 8.42 Å². The van der Waals surface area contributed by atoms with Gasteiger partial charge in [0.2, 0.25) is 5.91 Å². The first-order chi connectivity index (χ1) is 8.45. The van der Waals surface area contributed by atoms with Crippen LogP contribution in [0.2, 0.25) is 0 Å². The molecule has 1 N–H and O–H groups in total. The Kier molecular flexibility index (Phi) is 3.74. The van der Waals surface area contributed by atoms with E-state index in [0.717, 1.165) is 4.47 Å². The Balaban J connectivity index is 2.51. The van der Waals surface area contributed by atoms with Crippen molar-refractivity contribution < 1.29 is 13.2 Å². The molecule has 0 radical (unpaired) electrons. The number of anilines is 1. The highest BCUT2D eigenvalue weighted by molar-refractivity contribution is 9.10. The van der Waals surface area contributed by atoms with Crippen molar-refractivity contribution in [1.82, 2.24) is 5.32 Å². The Morgan fingerprint density at radius 3 is 2.89 bits per heavy atom. The van der Waals surface area contributed by atoms with Crippen molar-refractivity contribution in [2.75, 3.05) is 30.8 Å². The number of sulfone groups is 1. The molecule has 0 unspecified atom stereocenters. The van der Waals surface area contributed by atoms with Gasteiger partial charge in [0, 0.05) is 11.0 Å². The zero-order valence-electron chi connectivity index (χ0n) is 9.81.